The molecule has 0 saturated heterocycles. The highest BCUT2D eigenvalue weighted by Crippen LogP contribution is 2.22. The molecule has 0 aliphatic rings. The largest absolute Gasteiger partial charge is 0.271 e. The van der Waals surface area contributed by atoms with E-state index in [1.165, 1.54) is 11.6 Å². The third-order valence-corrected chi connectivity index (χ3v) is 3.66. The molecule has 1 atom stereocenters. The number of aryl methyl sites for hydroxylation is 1. The zero-order valence-electron chi connectivity index (χ0n) is 11.4. The van der Waals surface area contributed by atoms with Crippen molar-refractivity contribution in [1.29, 1.82) is 0 Å². The molecule has 2 aromatic carbocycles. The van der Waals surface area contributed by atoms with Crippen LogP contribution >= 0.6 is 11.6 Å². The topological polar surface area (TPSA) is 38.0 Å². The summed E-state index contributed by atoms with van der Waals surface area (Å²) in [6.07, 6.45) is 1.44. The van der Waals surface area contributed by atoms with Crippen molar-refractivity contribution >= 4 is 11.6 Å². The Kier molecular flexibility index (Phi) is 5.12. The number of nitrogens with two attached hydrogens (primary N) is 1. The number of hydrogen-bond acceptors (Lipinski definition) is 2. The first-order valence-corrected chi connectivity index (χ1v) is 7.00. The summed E-state index contributed by atoms with van der Waals surface area (Å²) in [6.45, 7) is 2.11. The Labute approximate surface area is 123 Å². The summed E-state index contributed by atoms with van der Waals surface area (Å²) in [6, 6.07) is 12.6. The molecular formula is C16H18ClFN2. The van der Waals surface area contributed by atoms with E-state index in [9.17, 15) is 4.39 Å². The molecule has 0 bridgehead atoms. The van der Waals surface area contributed by atoms with E-state index in [2.05, 4.69) is 24.5 Å². The molecule has 0 aromatic heterocycles. The minimum Gasteiger partial charge on any atom is -0.271 e. The highest BCUT2D eigenvalue weighted by atomic mass is 35.5. The van der Waals surface area contributed by atoms with Crippen LogP contribution in [0.3, 0.4) is 0 Å². The molecule has 2 nitrogen and oxygen atoms in total. The number of nitrogens with one attached hydrogen (secondary N) is 1. The molecule has 0 heterocycles. The molecule has 0 aliphatic heterocycles. The Bertz CT molecular complexity index is 569. The fourth-order valence-electron chi connectivity index (χ4n) is 2.18. The van der Waals surface area contributed by atoms with Crippen LogP contribution in [-0.2, 0) is 12.8 Å². The molecular weight excluding hydrogens is 275 g/mol. The number of rotatable bonds is 5. The summed E-state index contributed by atoms with van der Waals surface area (Å²) in [7, 11) is 0. The smallest absolute Gasteiger partial charge is 0.126 e. The maximum atomic E-state index is 13.8. The summed E-state index contributed by atoms with van der Waals surface area (Å²) < 4.78 is 13.8. The fourth-order valence-corrected chi connectivity index (χ4v) is 2.37. The average molecular weight is 293 g/mol. The summed E-state index contributed by atoms with van der Waals surface area (Å²) in [5.41, 5.74) is 5.59. The van der Waals surface area contributed by atoms with Gasteiger partial charge < -0.3 is 0 Å². The lowest BCUT2D eigenvalue weighted by Crippen LogP contribution is -2.29. The summed E-state index contributed by atoms with van der Waals surface area (Å²) in [5, 5.41) is 0.526. The van der Waals surface area contributed by atoms with Crippen molar-refractivity contribution in [3.8, 4) is 0 Å². The van der Waals surface area contributed by atoms with E-state index in [4.69, 9.17) is 17.4 Å². The Morgan fingerprint density at radius 1 is 1.20 bits per heavy atom. The fraction of sp³-hybridized carbons (Fsp3) is 0.250. The van der Waals surface area contributed by atoms with Gasteiger partial charge in [0.2, 0.25) is 0 Å². The standard InChI is InChI=1S/C16H18ClFN2/c1-2-11-3-5-12(6-4-11)16(20-19)10-13-9-14(17)7-8-15(13)18/h3-9,16,20H,2,10,19H2,1H3. The molecule has 3 N–H and O–H groups in total. The molecule has 0 aliphatic carbocycles. The van der Waals surface area contributed by atoms with Gasteiger partial charge in [-0.1, -0.05) is 42.8 Å². The van der Waals surface area contributed by atoms with Crippen molar-refractivity contribution in [1.82, 2.24) is 5.43 Å². The van der Waals surface area contributed by atoms with Gasteiger partial charge in [0.05, 0.1) is 6.04 Å². The first-order chi connectivity index (χ1) is 9.63. The minimum absolute atomic E-state index is 0.145. The maximum absolute atomic E-state index is 13.8. The van der Waals surface area contributed by atoms with E-state index in [1.807, 2.05) is 12.1 Å². The van der Waals surface area contributed by atoms with Crippen LogP contribution in [-0.4, -0.2) is 0 Å². The lowest BCUT2D eigenvalue weighted by molar-refractivity contribution is 0.529. The molecule has 20 heavy (non-hydrogen) atoms. The van der Waals surface area contributed by atoms with E-state index in [0.717, 1.165) is 12.0 Å². The van der Waals surface area contributed by atoms with Gasteiger partial charge in [0, 0.05) is 5.02 Å². The van der Waals surface area contributed by atoms with Gasteiger partial charge in [-0.05, 0) is 47.7 Å². The van der Waals surface area contributed by atoms with E-state index in [1.54, 1.807) is 12.1 Å². The van der Waals surface area contributed by atoms with Crippen molar-refractivity contribution in [2.24, 2.45) is 5.84 Å². The van der Waals surface area contributed by atoms with Crippen LogP contribution in [0.25, 0.3) is 0 Å². The van der Waals surface area contributed by atoms with Crippen LogP contribution in [0.5, 0.6) is 0 Å². The highest BCUT2D eigenvalue weighted by molar-refractivity contribution is 6.30. The van der Waals surface area contributed by atoms with Crippen LogP contribution in [0, 0.1) is 5.82 Å². The lowest BCUT2D eigenvalue weighted by atomic mass is 9.98. The molecule has 0 radical (unpaired) electrons. The summed E-state index contributed by atoms with van der Waals surface area (Å²) >= 11 is 5.91. The Balaban J connectivity index is 2.21. The first-order valence-electron chi connectivity index (χ1n) is 6.63. The maximum Gasteiger partial charge on any atom is 0.126 e. The Morgan fingerprint density at radius 3 is 2.50 bits per heavy atom. The third-order valence-electron chi connectivity index (χ3n) is 3.42. The molecule has 0 spiro atoms. The van der Waals surface area contributed by atoms with Gasteiger partial charge in [-0.3, -0.25) is 11.3 Å². The summed E-state index contributed by atoms with van der Waals surface area (Å²) in [4.78, 5) is 0. The Hall–Kier alpha value is -1.42. The van der Waals surface area contributed by atoms with Crippen LogP contribution in [0.1, 0.15) is 29.7 Å². The van der Waals surface area contributed by atoms with Crippen molar-refractivity contribution in [2.75, 3.05) is 0 Å². The van der Waals surface area contributed by atoms with Crippen molar-refractivity contribution < 1.29 is 4.39 Å². The van der Waals surface area contributed by atoms with E-state index in [-0.39, 0.29) is 11.9 Å². The number of hydrogen-bond donors (Lipinski definition) is 2. The Morgan fingerprint density at radius 2 is 1.90 bits per heavy atom. The predicted molar refractivity (Wildman–Crippen MR) is 81.0 cm³/mol. The van der Waals surface area contributed by atoms with Crippen LogP contribution in [0.2, 0.25) is 5.02 Å². The average Bonchev–Trinajstić information content (AvgIpc) is 2.48. The third kappa shape index (κ3) is 3.57. The lowest BCUT2D eigenvalue weighted by Gasteiger charge is -2.17. The van der Waals surface area contributed by atoms with Crippen molar-refractivity contribution in [2.45, 2.75) is 25.8 Å². The normalized spacial score (nSPS) is 12.4. The second-order valence-corrected chi connectivity index (χ2v) is 5.19. The predicted octanol–water partition coefficient (Wildman–Crippen LogP) is 3.79. The van der Waals surface area contributed by atoms with Gasteiger partial charge in [-0.2, -0.15) is 0 Å². The highest BCUT2D eigenvalue weighted by Gasteiger charge is 2.13. The van der Waals surface area contributed by atoms with Gasteiger partial charge in [-0.25, -0.2) is 4.39 Å². The molecule has 0 amide bonds. The van der Waals surface area contributed by atoms with Crippen LogP contribution in [0.15, 0.2) is 42.5 Å². The molecule has 106 valence electrons. The van der Waals surface area contributed by atoms with Gasteiger partial charge in [0.25, 0.3) is 0 Å². The van der Waals surface area contributed by atoms with Crippen molar-refractivity contribution in [3.05, 3.63) is 70.0 Å². The van der Waals surface area contributed by atoms with Crippen molar-refractivity contribution in [3.63, 3.8) is 0 Å². The van der Waals surface area contributed by atoms with Crippen LogP contribution in [0.4, 0.5) is 4.39 Å². The quantitative estimate of drug-likeness (QED) is 0.650. The minimum atomic E-state index is -0.264. The second-order valence-electron chi connectivity index (χ2n) is 4.75. The first kappa shape index (κ1) is 15.0. The molecule has 2 aromatic rings. The summed E-state index contributed by atoms with van der Waals surface area (Å²) in [5.74, 6) is 5.34. The van der Waals surface area contributed by atoms with E-state index >= 15 is 0 Å². The second kappa shape index (κ2) is 6.84. The zero-order valence-corrected chi connectivity index (χ0v) is 12.1. The number of benzene rings is 2. The molecule has 0 fully saturated rings. The van der Waals surface area contributed by atoms with E-state index in [0.29, 0.717) is 17.0 Å². The SMILES string of the molecule is CCc1ccc(C(Cc2cc(Cl)ccc2F)NN)cc1. The molecule has 2 rings (SSSR count). The van der Waals surface area contributed by atoms with Gasteiger partial charge in [0.1, 0.15) is 5.82 Å². The number of hydrazine groups is 1. The van der Waals surface area contributed by atoms with Gasteiger partial charge in [-0.15, -0.1) is 0 Å². The van der Waals surface area contributed by atoms with Crippen LogP contribution < -0.4 is 11.3 Å². The van der Waals surface area contributed by atoms with Gasteiger partial charge >= 0.3 is 0 Å². The van der Waals surface area contributed by atoms with E-state index < -0.39 is 0 Å². The molecule has 1 unspecified atom stereocenters. The van der Waals surface area contributed by atoms with Gasteiger partial charge in [0.15, 0.2) is 0 Å². The monoisotopic (exact) mass is 292 g/mol. The zero-order chi connectivity index (χ0) is 14.5. The molecule has 4 heteroatoms. The number of halogens is 2. The molecule has 0 saturated carbocycles.